The molecule has 0 saturated heterocycles. The lowest BCUT2D eigenvalue weighted by atomic mass is 10.2. The Morgan fingerprint density at radius 2 is 2.25 bits per heavy atom. The van der Waals surface area contributed by atoms with Crippen LogP contribution >= 0.6 is 11.3 Å². The maximum absolute atomic E-state index is 9.97. The molecule has 2 aromatic heterocycles. The molecule has 0 aromatic carbocycles. The fourth-order valence-corrected chi connectivity index (χ4v) is 2.27. The van der Waals surface area contributed by atoms with Crippen molar-refractivity contribution in [1.82, 2.24) is 9.78 Å². The topological polar surface area (TPSA) is 38.0 Å². The van der Waals surface area contributed by atoms with Gasteiger partial charge in [0.2, 0.25) is 0 Å². The van der Waals surface area contributed by atoms with Crippen molar-refractivity contribution in [3.8, 4) is 0 Å². The van der Waals surface area contributed by atoms with E-state index in [0.29, 0.717) is 12.5 Å². The number of thiophene rings is 1. The monoisotopic (exact) mass is 236 g/mol. The Labute approximate surface area is 99.4 Å². The number of aliphatic hydroxyl groups is 1. The molecule has 3 nitrogen and oxygen atoms in total. The molecule has 1 N–H and O–H groups in total. The Bertz CT molecular complexity index is 434. The molecule has 0 aliphatic rings. The number of nitrogens with zero attached hydrogens (tertiary/aromatic N) is 2. The average Bonchev–Trinajstić information content (AvgIpc) is 2.87. The summed E-state index contributed by atoms with van der Waals surface area (Å²) in [7, 11) is 0. The van der Waals surface area contributed by atoms with Crippen LogP contribution in [0.5, 0.6) is 0 Å². The van der Waals surface area contributed by atoms with Gasteiger partial charge in [0, 0.05) is 23.5 Å². The third-order valence-electron chi connectivity index (χ3n) is 2.47. The molecule has 2 rings (SSSR count). The molecule has 0 bridgehead atoms. The van der Waals surface area contributed by atoms with E-state index < -0.39 is 6.10 Å². The van der Waals surface area contributed by atoms with Crippen LogP contribution in [0.1, 0.15) is 36.6 Å². The molecule has 0 aliphatic heterocycles. The highest BCUT2D eigenvalue weighted by Gasteiger charge is 2.11. The molecule has 0 amide bonds. The Hall–Kier alpha value is -1.13. The van der Waals surface area contributed by atoms with E-state index in [1.54, 1.807) is 11.3 Å². The normalized spacial score (nSPS) is 13.2. The Morgan fingerprint density at radius 3 is 2.81 bits per heavy atom. The van der Waals surface area contributed by atoms with E-state index in [4.69, 9.17) is 0 Å². The smallest absolute Gasteiger partial charge is 0.0937 e. The van der Waals surface area contributed by atoms with Crippen molar-refractivity contribution in [1.29, 1.82) is 0 Å². The van der Waals surface area contributed by atoms with Crippen molar-refractivity contribution in [3.63, 3.8) is 0 Å². The lowest BCUT2D eigenvalue weighted by molar-refractivity contribution is 0.180. The van der Waals surface area contributed by atoms with Crippen LogP contribution in [-0.4, -0.2) is 14.9 Å². The van der Waals surface area contributed by atoms with Gasteiger partial charge in [-0.3, -0.25) is 4.68 Å². The van der Waals surface area contributed by atoms with Gasteiger partial charge in [0.1, 0.15) is 0 Å². The van der Waals surface area contributed by atoms with Crippen LogP contribution in [0.3, 0.4) is 0 Å². The van der Waals surface area contributed by atoms with Gasteiger partial charge in [-0.25, -0.2) is 0 Å². The molecule has 16 heavy (non-hydrogen) atoms. The fraction of sp³-hybridized carbons (Fsp3) is 0.417. The van der Waals surface area contributed by atoms with E-state index in [1.165, 1.54) is 0 Å². The van der Waals surface area contributed by atoms with Gasteiger partial charge in [-0.15, -0.1) is 11.3 Å². The van der Waals surface area contributed by atoms with E-state index in [0.717, 1.165) is 10.6 Å². The van der Waals surface area contributed by atoms with E-state index in [9.17, 15) is 5.11 Å². The molecule has 1 unspecified atom stereocenters. The Balaban J connectivity index is 2.03. The zero-order valence-corrected chi connectivity index (χ0v) is 10.3. The van der Waals surface area contributed by atoms with Crippen molar-refractivity contribution in [3.05, 3.63) is 40.3 Å². The lowest BCUT2D eigenvalue weighted by Crippen LogP contribution is -2.04. The first kappa shape index (κ1) is 11.4. The molecule has 0 radical (unpaired) electrons. The number of hydrogen-bond donors (Lipinski definition) is 1. The van der Waals surface area contributed by atoms with Gasteiger partial charge >= 0.3 is 0 Å². The van der Waals surface area contributed by atoms with Crippen molar-refractivity contribution in [2.75, 3.05) is 0 Å². The van der Waals surface area contributed by atoms with Crippen LogP contribution < -0.4 is 0 Å². The standard InChI is InChI=1S/C12H16N2OS/c1-9(2)14-6-5-10(13-14)8-11(15)12-4-3-7-16-12/h3-7,9,11,15H,8H2,1-2H3. The first-order valence-corrected chi connectivity index (χ1v) is 6.30. The van der Waals surface area contributed by atoms with Crippen LogP contribution in [-0.2, 0) is 6.42 Å². The lowest BCUT2D eigenvalue weighted by Gasteiger charge is -2.07. The predicted molar refractivity (Wildman–Crippen MR) is 65.6 cm³/mol. The van der Waals surface area contributed by atoms with Crippen LogP contribution in [0.2, 0.25) is 0 Å². The van der Waals surface area contributed by atoms with Crippen LogP contribution in [0.4, 0.5) is 0 Å². The molecule has 86 valence electrons. The van der Waals surface area contributed by atoms with Crippen molar-refractivity contribution < 1.29 is 5.11 Å². The van der Waals surface area contributed by atoms with Crippen LogP contribution in [0.15, 0.2) is 29.8 Å². The molecular weight excluding hydrogens is 220 g/mol. The van der Waals surface area contributed by atoms with Crippen LogP contribution in [0.25, 0.3) is 0 Å². The summed E-state index contributed by atoms with van der Waals surface area (Å²) >= 11 is 1.58. The number of rotatable bonds is 4. The highest BCUT2D eigenvalue weighted by Crippen LogP contribution is 2.22. The predicted octanol–water partition coefficient (Wildman–Crippen LogP) is 2.80. The second-order valence-electron chi connectivity index (χ2n) is 4.12. The summed E-state index contributed by atoms with van der Waals surface area (Å²) < 4.78 is 1.91. The van der Waals surface area contributed by atoms with Gasteiger partial charge in [-0.2, -0.15) is 5.10 Å². The summed E-state index contributed by atoms with van der Waals surface area (Å²) in [5.41, 5.74) is 0.939. The number of aromatic nitrogens is 2. The minimum atomic E-state index is -0.435. The first-order valence-electron chi connectivity index (χ1n) is 5.42. The van der Waals surface area contributed by atoms with Gasteiger partial charge in [0.15, 0.2) is 0 Å². The van der Waals surface area contributed by atoms with Gasteiger partial charge < -0.3 is 5.11 Å². The summed E-state index contributed by atoms with van der Waals surface area (Å²) in [4.78, 5) is 0.999. The highest BCUT2D eigenvalue weighted by molar-refractivity contribution is 7.10. The minimum absolute atomic E-state index is 0.368. The Morgan fingerprint density at radius 1 is 1.44 bits per heavy atom. The molecule has 2 aromatic rings. The summed E-state index contributed by atoms with van der Waals surface area (Å²) in [5.74, 6) is 0. The number of aliphatic hydroxyl groups excluding tert-OH is 1. The quantitative estimate of drug-likeness (QED) is 0.886. The van der Waals surface area contributed by atoms with Gasteiger partial charge in [0.05, 0.1) is 11.8 Å². The maximum Gasteiger partial charge on any atom is 0.0937 e. The minimum Gasteiger partial charge on any atom is -0.387 e. The summed E-state index contributed by atoms with van der Waals surface area (Å²) in [6, 6.07) is 6.24. The largest absolute Gasteiger partial charge is 0.387 e. The van der Waals surface area contributed by atoms with Gasteiger partial charge in [0.25, 0.3) is 0 Å². The molecule has 0 aliphatic carbocycles. The molecule has 0 fully saturated rings. The van der Waals surface area contributed by atoms with E-state index in [-0.39, 0.29) is 0 Å². The zero-order valence-electron chi connectivity index (χ0n) is 9.50. The van der Waals surface area contributed by atoms with E-state index in [2.05, 4.69) is 18.9 Å². The molecule has 0 spiro atoms. The molecule has 0 saturated carbocycles. The van der Waals surface area contributed by atoms with E-state index in [1.807, 2.05) is 34.5 Å². The fourth-order valence-electron chi connectivity index (χ4n) is 1.55. The molecule has 2 heterocycles. The van der Waals surface area contributed by atoms with Crippen molar-refractivity contribution >= 4 is 11.3 Å². The second-order valence-corrected chi connectivity index (χ2v) is 5.10. The zero-order chi connectivity index (χ0) is 11.5. The first-order chi connectivity index (χ1) is 7.66. The third-order valence-corrected chi connectivity index (χ3v) is 3.44. The Kier molecular flexibility index (Phi) is 3.41. The summed E-state index contributed by atoms with van der Waals surface area (Å²) in [6.07, 6.45) is 2.11. The molecular formula is C12H16N2OS. The molecule has 4 heteroatoms. The van der Waals surface area contributed by atoms with Gasteiger partial charge in [-0.1, -0.05) is 6.07 Å². The molecule has 1 atom stereocenters. The summed E-state index contributed by atoms with van der Waals surface area (Å²) in [6.45, 7) is 4.18. The highest BCUT2D eigenvalue weighted by atomic mass is 32.1. The van der Waals surface area contributed by atoms with Gasteiger partial charge in [-0.05, 0) is 31.4 Å². The average molecular weight is 236 g/mol. The number of hydrogen-bond acceptors (Lipinski definition) is 3. The second kappa shape index (κ2) is 4.80. The SMILES string of the molecule is CC(C)n1ccc(CC(O)c2cccs2)n1. The van der Waals surface area contributed by atoms with E-state index >= 15 is 0 Å². The summed E-state index contributed by atoms with van der Waals surface area (Å²) in [5, 5.41) is 16.4. The maximum atomic E-state index is 9.97. The van der Waals surface area contributed by atoms with Crippen molar-refractivity contribution in [2.45, 2.75) is 32.4 Å². The van der Waals surface area contributed by atoms with Crippen LogP contribution in [0, 0.1) is 0 Å². The third kappa shape index (κ3) is 2.51. The van der Waals surface area contributed by atoms with Crippen molar-refractivity contribution in [2.24, 2.45) is 0 Å².